The summed E-state index contributed by atoms with van der Waals surface area (Å²) < 4.78 is 0. The van der Waals surface area contributed by atoms with Gasteiger partial charge in [0, 0.05) is 24.1 Å². The molecule has 2 aromatic heterocycles. The third-order valence-electron chi connectivity index (χ3n) is 4.46. The van der Waals surface area contributed by atoms with Crippen molar-refractivity contribution >= 4 is 28.3 Å². The number of anilines is 1. The molecule has 6 heteroatoms. The van der Waals surface area contributed by atoms with Crippen LogP contribution in [0.2, 0.25) is 0 Å². The molecule has 1 aromatic carbocycles. The summed E-state index contributed by atoms with van der Waals surface area (Å²) in [7, 11) is 0. The van der Waals surface area contributed by atoms with Crippen LogP contribution in [0.3, 0.4) is 0 Å². The zero-order valence-corrected chi connectivity index (χ0v) is 12.7. The Labute approximate surface area is 137 Å². The maximum Gasteiger partial charge on any atom is 0.226 e. The first-order chi connectivity index (χ1) is 11.8. The number of carbonyl (C=O) groups excluding carboxylic acids is 1. The van der Waals surface area contributed by atoms with Gasteiger partial charge in [-0.1, -0.05) is 30.4 Å². The van der Waals surface area contributed by atoms with E-state index in [0.717, 1.165) is 33.6 Å². The molecule has 2 aliphatic rings. The lowest BCUT2D eigenvalue weighted by Gasteiger charge is -2.23. The molecule has 116 valence electrons. The molecule has 1 aliphatic heterocycles. The van der Waals surface area contributed by atoms with E-state index in [9.17, 15) is 4.79 Å². The molecule has 1 unspecified atom stereocenters. The zero-order chi connectivity index (χ0) is 16.1. The summed E-state index contributed by atoms with van der Waals surface area (Å²) >= 11 is 0. The standard InChI is InChI=1S/C18H13N5O/c24-15-8-11(14-9-19-12-6-1-2-7-13(12)20-14)16-17(10-4-3-5-10)22-23-18(16)21-15/h1-7,9,11H,8H2,(H2,21,22,23,24). The van der Waals surface area contributed by atoms with Gasteiger partial charge in [0.15, 0.2) is 5.82 Å². The SMILES string of the molecule is O=C1CC(c2cnc3ccccc3n2)c2c(n[nH]c2C2=CC=C2)N1. The Hall–Kier alpha value is -3.28. The van der Waals surface area contributed by atoms with Crippen LogP contribution in [-0.2, 0) is 4.79 Å². The van der Waals surface area contributed by atoms with Gasteiger partial charge in [0.2, 0.25) is 5.91 Å². The lowest BCUT2D eigenvalue weighted by atomic mass is 9.86. The summed E-state index contributed by atoms with van der Waals surface area (Å²) in [6, 6.07) is 7.74. The van der Waals surface area contributed by atoms with Crippen LogP contribution in [0.4, 0.5) is 5.82 Å². The van der Waals surface area contributed by atoms with E-state index < -0.39 is 0 Å². The van der Waals surface area contributed by atoms with E-state index in [1.807, 2.05) is 42.5 Å². The molecule has 0 saturated carbocycles. The number of aromatic amines is 1. The Balaban J connectivity index is 1.67. The third-order valence-corrected chi connectivity index (χ3v) is 4.46. The Kier molecular flexibility index (Phi) is 2.67. The molecule has 3 heterocycles. The van der Waals surface area contributed by atoms with Crippen LogP contribution in [0.15, 0.2) is 48.7 Å². The molecular formula is C18H13N5O. The molecule has 1 aliphatic carbocycles. The van der Waals surface area contributed by atoms with Crippen LogP contribution in [0.25, 0.3) is 16.6 Å². The highest BCUT2D eigenvalue weighted by Crippen LogP contribution is 2.40. The van der Waals surface area contributed by atoms with Crippen molar-refractivity contribution in [3.8, 4) is 0 Å². The van der Waals surface area contributed by atoms with E-state index in [2.05, 4.69) is 20.5 Å². The van der Waals surface area contributed by atoms with Gasteiger partial charge in [-0.3, -0.25) is 14.9 Å². The monoisotopic (exact) mass is 315 g/mol. The number of fused-ring (bicyclic) bond motifs is 2. The van der Waals surface area contributed by atoms with Crippen LogP contribution >= 0.6 is 0 Å². The molecule has 24 heavy (non-hydrogen) atoms. The van der Waals surface area contributed by atoms with Gasteiger partial charge in [-0.15, -0.1) is 0 Å². The van der Waals surface area contributed by atoms with Crippen molar-refractivity contribution in [3.63, 3.8) is 0 Å². The lowest BCUT2D eigenvalue weighted by molar-refractivity contribution is -0.116. The minimum absolute atomic E-state index is 0.0568. The summed E-state index contributed by atoms with van der Waals surface area (Å²) in [4.78, 5) is 21.3. The van der Waals surface area contributed by atoms with Crippen molar-refractivity contribution < 1.29 is 4.79 Å². The first kappa shape index (κ1) is 13.2. The third kappa shape index (κ3) is 1.89. The molecule has 0 fully saturated rings. The summed E-state index contributed by atoms with van der Waals surface area (Å²) in [6.45, 7) is 0. The second kappa shape index (κ2) is 4.86. The predicted molar refractivity (Wildman–Crippen MR) is 90.3 cm³/mol. The van der Waals surface area contributed by atoms with Crippen LogP contribution in [0.5, 0.6) is 0 Å². The number of nitrogens with zero attached hydrogens (tertiary/aromatic N) is 3. The first-order valence-corrected chi connectivity index (χ1v) is 7.78. The number of hydrogen-bond acceptors (Lipinski definition) is 4. The van der Waals surface area contributed by atoms with Crippen molar-refractivity contribution in [1.29, 1.82) is 0 Å². The molecule has 2 N–H and O–H groups in total. The van der Waals surface area contributed by atoms with Gasteiger partial charge in [0.25, 0.3) is 0 Å². The first-order valence-electron chi connectivity index (χ1n) is 7.78. The van der Waals surface area contributed by atoms with Crippen LogP contribution in [0.1, 0.15) is 29.3 Å². The number of benzene rings is 1. The Morgan fingerprint density at radius 2 is 2.00 bits per heavy atom. The Morgan fingerprint density at radius 1 is 1.17 bits per heavy atom. The van der Waals surface area contributed by atoms with E-state index in [1.165, 1.54) is 0 Å². The van der Waals surface area contributed by atoms with Crippen LogP contribution < -0.4 is 5.32 Å². The molecule has 0 saturated heterocycles. The van der Waals surface area contributed by atoms with Crippen molar-refractivity contribution in [2.24, 2.45) is 0 Å². The van der Waals surface area contributed by atoms with Crippen molar-refractivity contribution in [2.75, 3.05) is 5.32 Å². The predicted octanol–water partition coefficient (Wildman–Crippen LogP) is 2.78. The molecule has 0 bridgehead atoms. The number of carbonyl (C=O) groups is 1. The van der Waals surface area contributed by atoms with Gasteiger partial charge in [-0.25, -0.2) is 4.98 Å². The summed E-state index contributed by atoms with van der Waals surface area (Å²) in [5.74, 6) is 0.371. The molecule has 0 spiro atoms. The molecule has 6 nitrogen and oxygen atoms in total. The average molecular weight is 315 g/mol. The van der Waals surface area contributed by atoms with Gasteiger partial charge in [0.05, 0.1) is 22.4 Å². The average Bonchev–Trinajstić information content (AvgIpc) is 2.95. The minimum Gasteiger partial charge on any atom is -0.309 e. The smallest absolute Gasteiger partial charge is 0.226 e. The number of hydrogen-bond donors (Lipinski definition) is 2. The maximum atomic E-state index is 12.1. The molecule has 3 aromatic rings. The van der Waals surface area contributed by atoms with Crippen molar-refractivity contribution in [2.45, 2.75) is 12.3 Å². The zero-order valence-electron chi connectivity index (χ0n) is 12.7. The van der Waals surface area contributed by atoms with Gasteiger partial charge in [0.1, 0.15) is 0 Å². The van der Waals surface area contributed by atoms with Gasteiger partial charge in [-0.05, 0) is 17.7 Å². The lowest BCUT2D eigenvalue weighted by Crippen LogP contribution is -2.24. The molecule has 1 amide bonds. The number of allylic oxidation sites excluding steroid dienone is 4. The van der Waals surface area contributed by atoms with Crippen LogP contribution in [0, 0.1) is 0 Å². The van der Waals surface area contributed by atoms with E-state index in [4.69, 9.17) is 4.98 Å². The summed E-state index contributed by atoms with van der Waals surface area (Å²) in [5, 5.41) is 10.2. The van der Waals surface area contributed by atoms with Crippen molar-refractivity contribution in [1.82, 2.24) is 20.2 Å². The number of amides is 1. The fraction of sp³-hybridized carbons (Fsp3) is 0.111. The number of para-hydroxylation sites is 2. The van der Waals surface area contributed by atoms with E-state index in [-0.39, 0.29) is 11.8 Å². The van der Waals surface area contributed by atoms with Gasteiger partial charge >= 0.3 is 0 Å². The fourth-order valence-electron chi connectivity index (χ4n) is 3.23. The normalized spacial score (nSPS) is 18.8. The minimum atomic E-state index is -0.158. The Morgan fingerprint density at radius 3 is 2.79 bits per heavy atom. The second-order valence-electron chi connectivity index (χ2n) is 5.93. The highest BCUT2D eigenvalue weighted by Gasteiger charge is 2.33. The van der Waals surface area contributed by atoms with E-state index in [0.29, 0.717) is 12.2 Å². The molecular weight excluding hydrogens is 302 g/mol. The van der Waals surface area contributed by atoms with E-state index in [1.54, 1.807) is 6.20 Å². The topological polar surface area (TPSA) is 83.6 Å². The molecule has 1 atom stereocenters. The van der Waals surface area contributed by atoms with E-state index >= 15 is 0 Å². The molecule has 0 radical (unpaired) electrons. The molecule has 5 rings (SSSR count). The summed E-state index contributed by atoms with van der Waals surface area (Å²) in [5.41, 5.74) is 5.46. The van der Waals surface area contributed by atoms with Crippen LogP contribution in [-0.4, -0.2) is 26.1 Å². The second-order valence-corrected chi connectivity index (χ2v) is 5.93. The number of nitrogens with one attached hydrogen (secondary N) is 2. The Bertz CT molecular complexity index is 1050. The largest absolute Gasteiger partial charge is 0.309 e. The maximum absolute atomic E-state index is 12.1. The number of aromatic nitrogens is 4. The van der Waals surface area contributed by atoms with Crippen molar-refractivity contribution in [3.05, 3.63) is 65.6 Å². The number of rotatable bonds is 2. The highest BCUT2D eigenvalue weighted by molar-refractivity contribution is 5.96. The van der Waals surface area contributed by atoms with Gasteiger partial charge < -0.3 is 5.32 Å². The summed E-state index contributed by atoms with van der Waals surface area (Å²) in [6.07, 6.45) is 8.12. The number of H-pyrrole nitrogens is 1. The fourth-order valence-corrected chi connectivity index (χ4v) is 3.23. The van der Waals surface area contributed by atoms with Gasteiger partial charge in [-0.2, -0.15) is 5.10 Å². The highest BCUT2D eigenvalue weighted by atomic mass is 16.1. The quantitative estimate of drug-likeness (QED) is 0.761.